The number of carbonyl (C=O) groups excluding carboxylic acids is 1. The predicted octanol–water partition coefficient (Wildman–Crippen LogP) is 10.3. The van der Waals surface area contributed by atoms with E-state index in [4.69, 9.17) is 10.8 Å². The van der Waals surface area contributed by atoms with Gasteiger partial charge in [-0.3, -0.25) is 9.59 Å². The van der Waals surface area contributed by atoms with E-state index in [0.717, 1.165) is 32.1 Å². The fourth-order valence-corrected chi connectivity index (χ4v) is 2.07. The number of primary amides is 1. The molecule has 3 N–H and O–H groups in total. The largest absolute Gasteiger partial charge is 0.481 e. The maximum atomic E-state index is 10.2. The zero-order valence-electron chi connectivity index (χ0n) is 25.4. The summed E-state index contributed by atoms with van der Waals surface area (Å²) in [4.78, 5) is 19.9. The van der Waals surface area contributed by atoms with Crippen molar-refractivity contribution in [3.63, 3.8) is 0 Å². The van der Waals surface area contributed by atoms with Gasteiger partial charge in [0.2, 0.25) is 5.91 Å². The van der Waals surface area contributed by atoms with Crippen molar-refractivity contribution < 1.29 is 14.7 Å². The van der Waals surface area contributed by atoms with Crippen LogP contribution >= 0.6 is 0 Å². The molecule has 0 aliphatic carbocycles. The number of carbonyl (C=O) groups is 2. The molecule has 0 radical (unpaired) electrons. The van der Waals surface area contributed by atoms with E-state index in [1.807, 2.05) is 39.8 Å². The summed E-state index contributed by atoms with van der Waals surface area (Å²) in [6.07, 6.45) is 31.8. The van der Waals surface area contributed by atoms with Gasteiger partial charge >= 0.3 is 5.97 Å². The first-order valence-electron chi connectivity index (χ1n) is 14.4. The van der Waals surface area contributed by atoms with Gasteiger partial charge < -0.3 is 10.8 Å². The number of amides is 1. The van der Waals surface area contributed by atoms with Crippen LogP contribution in [0.5, 0.6) is 0 Å². The van der Waals surface area contributed by atoms with Crippen molar-refractivity contribution in [1.82, 2.24) is 0 Å². The number of carboxylic acids is 1. The van der Waals surface area contributed by atoms with Crippen molar-refractivity contribution in [3.8, 4) is 0 Å². The van der Waals surface area contributed by atoms with Gasteiger partial charge in [0, 0.05) is 12.8 Å². The maximum Gasteiger partial charge on any atom is 0.303 e. The highest BCUT2D eigenvalue weighted by Gasteiger charge is 1.91. The van der Waals surface area contributed by atoms with Gasteiger partial charge in [0.15, 0.2) is 0 Å². The first-order valence-corrected chi connectivity index (χ1v) is 14.4. The van der Waals surface area contributed by atoms with Crippen molar-refractivity contribution >= 4 is 11.9 Å². The Morgan fingerprint density at radius 1 is 0.611 bits per heavy atom. The molecule has 0 aromatic carbocycles. The van der Waals surface area contributed by atoms with Crippen molar-refractivity contribution in [2.45, 2.75) is 145 Å². The molecule has 4 nitrogen and oxygen atoms in total. The Hall–Kier alpha value is -2.10. The summed E-state index contributed by atoms with van der Waals surface area (Å²) in [6.45, 7) is 16.6. The summed E-state index contributed by atoms with van der Waals surface area (Å²) >= 11 is 0. The van der Waals surface area contributed by atoms with Crippen LogP contribution in [0.1, 0.15) is 145 Å². The molecule has 0 spiro atoms. The monoisotopic (exact) mass is 509 g/mol. The average molecular weight is 510 g/mol. The summed E-state index contributed by atoms with van der Waals surface area (Å²) < 4.78 is 0. The van der Waals surface area contributed by atoms with E-state index < -0.39 is 5.97 Å². The Labute approximate surface area is 226 Å². The van der Waals surface area contributed by atoms with Crippen LogP contribution < -0.4 is 5.73 Å². The third kappa shape index (κ3) is 76.9. The standard InChI is InChI=1S/C14H24.C7H13NO.C5H10O2.C4H10.C2H6/c1-3-5-7-9-11-13-14-12-10-8-6-4-2;1-2-3-4-5-6-7(8)9;1-2-3-4-5(6)7;1-3-4-2;1-2/h3,5,9-12H,4,6-8,13-14H2,1-2H3;2-3H,4-6H2,1H3,(H2,8,9);2-4H2,1H3,(H,6,7);3-4H2,1-2H3;1-2H3/b5-3-,11-9-,12-10-;3-2-;;;. The number of allylic oxidation sites excluding steroid dienone is 8. The van der Waals surface area contributed by atoms with E-state index in [9.17, 15) is 9.59 Å². The quantitative estimate of drug-likeness (QED) is 0.160. The van der Waals surface area contributed by atoms with Crippen LogP contribution in [0.4, 0.5) is 0 Å². The molecule has 0 heterocycles. The number of aliphatic carboxylic acids is 1. The lowest BCUT2D eigenvalue weighted by Crippen LogP contribution is -2.09. The molecule has 0 saturated carbocycles. The highest BCUT2D eigenvalue weighted by atomic mass is 16.4. The summed E-state index contributed by atoms with van der Waals surface area (Å²) in [6, 6.07) is 0. The molecule has 0 aliphatic heterocycles. The van der Waals surface area contributed by atoms with E-state index >= 15 is 0 Å². The van der Waals surface area contributed by atoms with E-state index in [-0.39, 0.29) is 5.91 Å². The van der Waals surface area contributed by atoms with Crippen LogP contribution in [0.25, 0.3) is 0 Å². The molecule has 0 aromatic rings. The number of carboxylic acid groups (broad SMARTS) is 1. The van der Waals surface area contributed by atoms with Crippen LogP contribution in [0, 0.1) is 0 Å². The van der Waals surface area contributed by atoms with E-state index in [1.54, 1.807) is 0 Å². The van der Waals surface area contributed by atoms with Gasteiger partial charge in [0.1, 0.15) is 0 Å². The summed E-state index contributed by atoms with van der Waals surface area (Å²) in [5, 5.41) is 8.04. The fraction of sp³-hybridized carbons (Fsp3) is 0.688. The van der Waals surface area contributed by atoms with Crippen molar-refractivity contribution in [3.05, 3.63) is 48.6 Å². The normalized spacial score (nSPS) is 10.1. The highest BCUT2D eigenvalue weighted by molar-refractivity contribution is 5.73. The highest BCUT2D eigenvalue weighted by Crippen LogP contribution is 1.99. The molecule has 0 aliphatic rings. The summed E-state index contributed by atoms with van der Waals surface area (Å²) in [5.74, 6) is -0.902. The molecule has 214 valence electrons. The lowest BCUT2D eigenvalue weighted by molar-refractivity contribution is -0.137. The molecule has 0 bridgehead atoms. The predicted molar refractivity (Wildman–Crippen MR) is 163 cm³/mol. The third-order valence-electron chi connectivity index (χ3n) is 4.34. The molecule has 36 heavy (non-hydrogen) atoms. The van der Waals surface area contributed by atoms with Gasteiger partial charge in [-0.05, 0) is 58.8 Å². The molecule has 0 atom stereocenters. The first-order chi connectivity index (χ1) is 17.4. The van der Waals surface area contributed by atoms with Crippen molar-refractivity contribution in [1.29, 1.82) is 0 Å². The number of rotatable bonds is 16. The molecule has 0 rings (SSSR count). The zero-order chi connectivity index (χ0) is 28.7. The molecule has 0 unspecified atom stereocenters. The molecule has 0 saturated heterocycles. The minimum atomic E-state index is -0.693. The fourth-order valence-electron chi connectivity index (χ4n) is 2.07. The molecule has 1 amide bonds. The molecule has 0 fully saturated rings. The third-order valence-corrected chi connectivity index (χ3v) is 4.34. The number of nitrogens with two attached hydrogens (primary N) is 1. The van der Waals surface area contributed by atoms with Gasteiger partial charge in [-0.15, -0.1) is 0 Å². The minimum Gasteiger partial charge on any atom is -0.481 e. The van der Waals surface area contributed by atoms with Crippen LogP contribution in [-0.2, 0) is 9.59 Å². The van der Waals surface area contributed by atoms with Gasteiger partial charge in [-0.2, -0.15) is 0 Å². The van der Waals surface area contributed by atoms with Crippen molar-refractivity contribution in [2.75, 3.05) is 0 Å². The number of unbranched alkanes of at least 4 members (excludes halogenated alkanes) is 6. The lowest BCUT2D eigenvalue weighted by atomic mass is 10.2. The summed E-state index contributed by atoms with van der Waals surface area (Å²) in [7, 11) is 0. The van der Waals surface area contributed by atoms with E-state index in [0.29, 0.717) is 12.8 Å². The average Bonchev–Trinajstić information content (AvgIpc) is 2.88. The second-order valence-electron chi connectivity index (χ2n) is 7.89. The smallest absolute Gasteiger partial charge is 0.303 e. The Morgan fingerprint density at radius 3 is 1.47 bits per heavy atom. The van der Waals surface area contributed by atoms with Crippen LogP contribution in [0.2, 0.25) is 0 Å². The first kappa shape index (κ1) is 43.9. The second-order valence-corrected chi connectivity index (χ2v) is 7.89. The lowest BCUT2D eigenvalue weighted by Gasteiger charge is -1.89. The van der Waals surface area contributed by atoms with Gasteiger partial charge in [-0.1, -0.05) is 122 Å². The molecular formula is C32H63NO3. The summed E-state index contributed by atoms with van der Waals surface area (Å²) in [5.41, 5.74) is 4.91. The zero-order valence-corrected chi connectivity index (χ0v) is 25.4. The topological polar surface area (TPSA) is 80.4 Å². The molecule has 0 aromatic heterocycles. The van der Waals surface area contributed by atoms with E-state index in [2.05, 4.69) is 64.2 Å². The maximum absolute atomic E-state index is 10.2. The Balaban J connectivity index is -0.000000126. The van der Waals surface area contributed by atoms with Crippen LogP contribution in [0.3, 0.4) is 0 Å². The SMILES string of the molecule is C/C=C\C/C=C\CC/C=C\CCCC.C/C=C\CCCC(N)=O.CC.CCCC.CCCCC(=O)O. The Bertz CT molecular complexity index is 504. The van der Waals surface area contributed by atoms with Crippen LogP contribution in [0.15, 0.2) is 48.6 Å². The Kier molecular flexibility index (Phi) is 60.9. The Morgan fingerprint density at radius 2 is 1.08 bits per heavy atom. The van der Waals surface area contributed by atoms with Gasteiger partial charge in [-0.25, -0.2) is 0 Å². The van der Waals surface area contributed by atoms with Crippen LogP contribution in [-0.4, -0.2) is 17.0 Å². The number of hydrogen-bond acceptors (Lipinski definition) is 2. The van der Waals surface area contributed by atoms with Crippen molar-refractivity contribution in [2.24, 2.45) is 5.73 Å². The molecular weight excluding hydrogens is 446 g/mol. The van der Waals surface area contributed by atoms with E-state index in [1.165, 1.54) is 44.9 Å². The number of hydrogen-bond donors (Lipinski definition) is 2. The van der Waals surface area contributed by atoms with Gasteiger partial charge in [0.05, 0.1) is 0 Å². The minimum absolute atomic E-state index is 0.209. The van der Waals surface area contributed by atoms with Gasteiger partial charge in [0.25, 0.3) is 0 Å². The molecule has 4 heteroatoms. The second kappa shape index (κ2) is 49.9.